The minimum atomic E-state index is 0. The Morgan fingerprint density at radius 2 is 1.79 bits per heavy atom. The second kappa shape index (κ2) is 15.8. The molecule has 0 spiro atoms. The second-order valence-corrected chi connectivity index (χ2v) is 3.22. The van der Waals surface area contributed by atoms with Crippen molar-refractivity contribution < 1.29 is 4.74 Å². The summed E-state index contributed by atoms with van der Waals surface area (Å²) in [5, 5.41) is 0. The fourth-order valence-electron chi connectivity index (χ4n) is 1.10. The molecule has 0 rings (SSSR count). The van der Waals surface area contributed by atoms with Crippen LogP contribution in [0.5, 0.6) is 0 Å². The van der Waals surface area contributed by atoms with Crippen LogP contribution >= 0.6 is 0 Å². The Bertz CT molecular complexity index is 113. The van der Waals surface area contributed by atoms with Crippen LogP contribution in [-0.2, 0) is 4.74 Å². The minimum absolute atomic E-state index is 0. The Morgan fingerprint density at radius 1 is 1.07 bits per heavy atom. The van der Waals surface area contributed by atoms with Gasteiger partial charge in [-0.25, -0.2) is 0 Å². The summed E-state index contributed by atoms with van der Waals surface area (Å²) in [5.41, 5.74) is 0. The molecule has 0 amide bonds. The maximum absolute atomic E-state index is 5.47. The molecule has 1 nitrogen and oxygen atoms in total. The van der Waals surface area contributed by atoms with E-state index in [1.165, 1.54) is 19.3 Å². The molecule has 0 aliphatic rings. The van der Waals surface area contributed by atoms with Crippen LogP contribution in [0, 0.1) is 6.92 Å². The van der Waals surface area contributed by atoms with Gasteiger partial charge in [0.05, 0.1) is 0 Å². The van der Waals surface area contributed by atoms with Crippen LogP contribution in [0.1, 0.15) is 45.4 Å². The summed E-state index contributed by atoms with van der Waals surface area (Å²) in [6.45, 7) is 7.79. The first-order valence-corrected chi connectivity index (χ1v) is 5.43. The van der Waals surface area contributed by atoms with Crippen LogP contribution in [-0.4, -0.2) is 32.1 Å². The van der Waals surface area contributed by atoms with E-state index in [2.05, 4.69) is 26.0 Å². The van der Waals surface area contributed by atoms with E-state index in [0.29, 0.717) is 0 Å². The Morgan fingerprint density at radius 3 is 2.43 bits per heavy atom. The molecular weight excluding hydrogens is 167 g/mol. The van der Waals surface area contributed by atoms with E-state index in [1.807, 2.05) is 0 Å². The summed E-state index contributed by atoms with van der Waals surface area (Å²) in [4.78, 5) is 0. The maximum atomic E-state index is 5.47. The molecule has 2 heteroatoms. The van der Waals surface area contributed by atoms with Gasteiger partial charge in [-0.2, -0.15) is 0 Å². The number of unbranched alkanes of at least 4 members (excludes halogenated alkanes) is 3. The zero-order valence-corrected chi connectivity index (χ0v) is 8.93. The van der Waals surface area contributed by atoms with Gasteiger partial charge in [0.1, 0.15) is 0 Å². The summed E-state index contributed by atoms with van der Waals surface area (Å²) in [6, 6.07) is 0. The van der Waals surface area contributed by atoms with Gasteiger partial charge in [-0.3, -0.25) is 0 Å². The number of allylic oxidation sites excluding steroid dienone is 2. The summed E-state index contributed by atoms with van der Waals surface area (Å²) in [7, 11) is 0. The SMILES string of the molecule is [CH2]C/C=C\CCCOCCCCC.[LiH]. The quantitative estimate of drug-likeness (QED) is 0.309. The molecule has 0 heterocycles. The molecule has 0 aliphatic carbocycles. The number of ether oxygens (including phenoxy) is 1. The molecule has 0 atom stereocenters. The van der Waals surface area contributed by atoms with E-state index in [9.17, 15) is 0 Å². The average molecular weight is 191 g/mol. The van der Waals surface area contributed by atoms with Crippen molar-refractivity contribution in [3.8, 4) is 0 Å². The van der Waals surface area contributed by atoms with E-state index < -0.39 is 0 Å². The van der Waals surface area contributed by atoms with Gasteiger partial charge >= 0.3 is 18.9 Å². The third-order valence-corrected chi connectivity index (χ3v) is 1.89. The van der Waals surface area contributed by atoms with Gasteiger partial charge in [0, 0.05) is 13.2 Å². The fourth-order valence-corrected chi connectivity index (χ4v) is 1.10. The van der Waals surface area contributed by atoms with Crippen LogP contribution < -0.4 is 0 Å². The number of hydrogen-bond donors (Lipinski definition) is 0. The van der Waals surface area contributed by atoms with Gasteiger partial charge in [-0.1, -0.05) is 31.9 Å². The Balaban J connectivity index is 0. The molecule has 0 aromatic carbocycles. The molecule has 1 radical (unpaired) electrons. The summed E-state index contributed by atoms with van der Waals surface area (Å²) in [6.07, 6.45) is 11.2. The molecule has 0 aromatic heterocycles. The summed E-state index contributed by atoms with van der Waals surface area (Å²) in [5.74, 6) is 0. The normalized spacial score (nSPS) is 10.4. The van der Waals surface area contributed by atoms with Crippen LogP contribution in [0.4, 0.5) is 0 Å². The summed E-state index contributed by atoms with van der Waals surface area (Å²) >= 11 is 0. The first-order valence-electron chi connectivity index (χ1n) is 5.43. The van der Waals surface area contributed by atoms with Crippen LogP contribution in [0.15, 0.2) is 12.2 Å². The fraction of sp³-hybridized carbons (Fsp3) is 0.750. The third kappa shape index (κ3) is 14.8. The van der Waals surface area contributed by atoms with E-state index >= 15 is 0 Å². The standard InChI is InChI=1S/C12H23O.Li.H/c1-3-5-7-8-10-12-13-11-9-6-4-2;;/h5,7H,1,3-4,6,8-12H2,2H3;;/b7-5-;;. The molecule has 0 saturated heterocycles. The predicted molar refractivity (Wildman–Crippen MR) is 65.8 cm³/mol. The van der Waals surface area contributed by atoms with E-state index in [-0.39, 0.29) is 18.9 Å². The molecule has 0 aliphatic heterocycles. The van der Waals surface area contributed by atoms with Gasteiger partial charge in [0.15, 0.2) is 0 Å². The second-order valence-electron chi connectivity index (χ2n) is 3.22. The van der Waals surface area contributed by atoms with Crippen molar-refractivity contribution in [2.24, 2.45) is 0 Å². The van der Waals surface area contributed by atoms with E-state index in [1.54, 1.807) is 0 Å². The topological polar surface area (TPSA) is 9.23 Å². The third-order valence-electron chi connectivity index (χ3n) is 1.89. The molecule has 0 N–H and O–H groups in total. The number of rotatable bonds is 9. The molecule has 79 valence electrons. The van der Waals surface area contributed by atoms with Gasteiger partial charge in [0.2, 0.25) is 0 Å². The van der Waals surface area contributed by atoms with Crippen molar-refractivity contribution in [1.29, 1.82) is 0 Å². The van der Waals surface area contributed by atoms with Crippen molar-refractivity contribution in [2.45, 2.75) is 45.4 Å². The predicted octanol–water partition coefficient (Wildman–Crippen LogP) is 3.11. The van der Waals surface area contributed by atoms with Crippen molar-refractivity contribution >= 4 is 18.9 Å². The number of hydrogen-bond acceptors (Lipinski definition) is 1. The van der Waals surface area contributed by atoms with Crippen LogP contribution in [0.2, 0.25) is 0 Å². The molecule has 0 unspecified atom stereocenters. The Hall–Kier alpha value is 0.297. The zero-order chi connectivity index (χ0) is 9.78. The molecule has 0 bridgehead atoms. The van der Waals surface area contributed by atoms with E-state index in [0.717, 1.165) is 32.5 Å². The average Bonchev–Trinajstić information content (AvgIpc) is 2.16. The Labute approximate surface area is 101 Å². The van der Waals surface area contributed by atoms with Crippen molar-refractivity contribution in [2.75, 3.05) is 13.2 Å². The first-order chi connectivity index (χ1) is 6.41. The van der Waals surface area contributed by atoms with Crippen molar-refractivity contribution in [1.82, 2.24) is 0 Å². The molecule has 0 fully saturated rings. The molecule has 0 saturated carbocycles. The van der Waals surface area contributed by atoms with Crippen molar-refractivity contribution in [3.05, 3.63) is 19.1 Å². The van der Waals surface area contributed by atoms with Gasteiger partial charge in [-0.15, -0.1) is 0 Å². The first kappa shape index (κ1) is 16.7. The van der Waals surface area contributed by atoms with E-state index in [4.69, 9.17) is 4.74 Å². The zero-order valence-electron chi connectivity index (χ0n) is 8.93. The van der Waals surface area contributed by atoms with Gasteiger partial charge in [0.25, 0.3) is 0 Å². The summed E-state index contributed by atoms with van der Waals surface area (Å²) < 4.78 is 5.47. The van der Waals surface area contributed by atoms with Crippen LogP contribution in [0.3, 0.4) is 0 Å². The molecule has 0 aromatic rings. The van der Waals surface area contributed by atoms with Gasteiger partial charge < -0.3 is 4.74 Å². The van der Waals surface area contributed by atoms with Gasteiger partial charge in [-0.05, 0) is 32.6 Å². The van der Waals surface area contributed by atoms with Crippen molar-refractivity contribution in [3.63, 3.8) is 0 Å². The molecule has 14 heavy (non-hydrogen) atoms. The Kier molecular flexibility index (Phi) is 18.8. The molecular formula is C12H24LiO. The van der Waals surface area contributed by atoms with Crippen LogP contribution in [0.25, 0.3) is 0 Å². The monoisotopic (exact) mass is 191 g/mol.